The molecule has 0 aliphatic heterocycles. The zero-order valence-electron chi connectivity index (χ0n) is 12.5. The third kappa shape index (κ3) is 4.48. The maximum Gasteiger partial charge on any atom is 0.267 e. The van der Waals surface area contributed by atoms with Crippen molar-refractivity contribution in [3.8, 4) is 6.07 Å². The predicted octanol–water partition coefficient (Wildman–Crippen LogP) is 3.20. The number of nitrogens with zero attached hydrogens (tertiary/aromatic N) is 1. The zero-order valence-corrected chi connectivity index (χ0v) is 13.3. The number of halogens is 2. The molecule has 2 rings (SSSR count). The lowest BCUT2D eigenvalue weighted by Gasteiger charge is -2.07. The Morgan fingerprint density at radius 3 is 2.75 bits per heavy atom. The van der Waals surface area contributed by atoms with Crippen LogP contribution in [0.5, 0.6) is 0 Å². The third-order valence-electron chi connectivity index (χ3n) is 3.12. The van der Waals surface area contributed by atoms with Crippen LogP contribution in [0.2, 0.25) is 5.02 Å². The van der Waals surface area contributed by atoms with E-state index >= 15 is 0 Å². The van der Waals surface area contributed by atoms with Gasteiger partial charge in [0.15, 0.2) is 0 Å². The van der Waals surface area contributed by atoms with Crippen molar-refractivity contribution < 1.29 is 9.18 Å². The lowest BCUT2D eigenvalue weighted by Crippen LogP contribution is -2.17. The van der Waals surface area contributed by atoms with Gasteiger partial charge in [-0.05, 0) is 24.3 Å². The van der Waals surface area contributed by atoms with E-state index in [9.17, 15) is 9.18 Å². The first-order chi connectivity index (χ1) is 11.5. The summed E-state index contributed by atoms with van der Waals surface area (Å²) in [6.07, 6.45) is 1.24. The molecule has 24 heavy (non-hydrogen) atoms. The Bertz CT molecular complexity index is 830. The number of nitrogens with two attached hydrogens (primary N) is 1. The maximum atomic E-state index is 13.5. The molecule has 0 aromatic heterocycles. The van der Waals surface area contributed by atoms with E-state index in [0.29, 0.717) is 22.0 Å². The number of nitrogen functional groups attached to an aromatic ring is 1. The molecule has 0 aliphatic rings. The minimum Gasteiger partial charge on any atom is -0.398 e. The van der Waals surface area contributed by atoms with Gasteiger partial charge >= 0.3 is 0 Å². The van der Waals surface area contributed by atoms with Gasteiger partial charge in [0.05, 0.1) is 10.7 Å². The van der Waals surface area contributed by atoms with Crippen molar-refractivity contribution in [2.75, 3.05) is 11.1 Å². The smallest absolute Gasteiger partial charge is 0.267 e. The predicted molar refractivity (Wildman–Crippen MR) is 91.4 cm³/mol. The molecule has 122 valence electrons. The number of nitriles is 1. The second-order valence-corrected chi connectivity index (χ2v) is 5.24. The van der Waals surface area contributed by atoms with E-state index in [2.05, 4.69) is 10.6 Å². The summed E-state index contributed by atoms with van der Waals surface area (Å²) in [4.78, 5) is 12.1. The van der Waals surface area contributed by atoms with Crippen molar-refractivity contribution in [1.82, 2.24) is 5.32 Å². The molecular weight excluding hydrogens is 331 g/mol. The van der Waals surface area contributed by atoms with Crippen molar-refractivity contribution in [3.63, 3.8) is 0 Å². The summed E-state index contributed by atoms with van der Waals surface area (Å²) in [5, 5.41) is 14.7. The van der Waals surface area contributed by atoms with Crippen molar-refractivity contribution in [2.45, 2.75) is 6.54 Å². The fraction of sp³-hybridized carbons (Fsp3) is 0.0588. The Labute approximate surface area is 143 Å². The fourth-order valence-corrected chi connectivity index (χ4v) is 2.04. The zero-order chi connectivity index (χ0) is 17.5. The second-order valence-electron chi connectivity index (χ2n) is 4.83. The highest BCUT2D eigenvalue weighted by Crippen LogP contribution is 2.22. The van der Waals surface area contributed by atoms with Crippen LogP contribution >= 0.6 is 11.6 Å². The molecule has 0 bridgehead atoms. The van der Waals surface area contributed by atoms with Crippen molar-refractivity contribution in [1.29, 1.82) is 5.26 Å². The molecule has 2 aromatic carbocycles. The summed E-state index contributed by atoms with van der Waals surface area (Å²) in [7, 11) is 0. The quantitative estimate of drug-likeness (QED) is 0.441. The molecule has 0 fully saturated rings. The van der Waals surface area contributed by atoms with E-state index < -0.39 is 5.91 Å². The van der Waals surface area contributed by atoms with Crippen molar-refractivity contribution >= 4 is 28.9 Å². The van der Waals surface area contributed by atoms with Crippen LogP contribution in [0.15, 0.2) is 54.2 Å². The van der Waals surface area contributed by atoms with Crippen LogP contribution < -0.4 is 16.4 Å². The Balaban J connectivity index is 2.01. The number of hydrogen-bond acceptors (Lipinski definition) is 4. The van der Waals surface area contributed by atoms with Crippen LogP contribution in [0.25, 0.3) is 0 Å². The maximum absolute atomic E-state index is 13.5. The molecule has 0 spiro atoms. The Kier molecular flexibility index (Phi) is 5.77. The summed E-state index contributed by atoms with van der Waals surface area (Å²) in [6.45, 7) is 0.152. The molecule has 0 saturated carbocycles. The molecular formula is C17H14ClFN4O. The normalized spacial score (nSPS) is 10.8. The van der Waals surface area contributed by atoms with Gasteiger partial charge in [-0.3, -0.25) is 4.79 Å². The largest absolute Gasteiger partial charge is 0.398 e. The minimum atomic E-state index is -0.612. The molecule has 0 saturated heterocycles. The van der Waals surface area contributed by atoms with Gasteiger partial charge in [-0.2, -0.15) is 5.26 Å². The summed E-state index contributed by atoms with van der Waals surface area (Å²) in [5.41, 5.74) is 6.66. The number of nitrogens with one attached hydrogen (secondary N) is 2. The molecule has 5 nitrogen and oxygen atoms in total. The lowest BCUT2D eigenvalue weighted by molar-refractivity contribution is -0.112. The monoisotopic (exact) mass is 344 g/mol. The molecule has 4 N–H and O–H groups in total. The molecule has 2 aromatic rings. The highest BCUT2D eigenvalue weighted by molar-refractivity contribution is 6.33. The number of carbonyl (C=O) groups excluding carboxylic acids is 1. The number of carbonyl (C=O) groups is 1. The standard InChI is InChI=1S/C17H14ClFN4O/c18-14-7-13(5-6-16(14)21)23-17(24)12(8-20)10-22-9-11-3-1-2-4-15(11)19/h1-7,10,22H,9,21H2,(H,23,24)/b12-10-. The molecule has 0 atom stereocenters. The van der Waals surface area contributed by atoms with Crippen LogP contribution in [-0.4, -0.2) is 5.91 Å². The van der Waals surface area contributed by atoms with E-state index in [4.69, 9.17) is 22.6 Å². The lowest BCUT2D eigenvalue weighted by atomic mass is 10.2. The van der Waals surface area contributed by atoms with Crippen LogP contribution in [0.4, 0.5) is 15.8 Å². The molecule has 0 radical (unpaired) electrons. The molecule has 0 unspecified atom stereocenters. The van der Waals surface area contributed by atoms with E-state index in [0.717, 1.165) is 0 Å². The SMILES string of the molecule is N#C/C(=C/NCc1ccccc1F)C(=O)Nc1ccc(N)c(Cl)c1. The van der Waals surface area contributed by atoms with Gasteiger partial charge in [-0.1, -0.05) is 29.8 Å². The van der Waals surface area contributed by atoms with Crippen molar-refractivity contribution in [2.24, 2.45) is 0 Å². The number of anilines is 2. The van der Waals surface area contributed by atoms with Crippen LogP contribution in [0, 0.1) is 17.1 Å². The van der Waals surface area contributed by atoms with Gasteiger partial charge in [0, 0.05) is 24.0 Å². The van der Waals surface area contributed by atoms with E-state index in [1.165, 1.54) is 18.3 Å². The van der Waals surface area contributed by atoms with Gasteiger partial charge in [0.25, 0.3) is 5.91 Å². The highest BCUT2D eigenvalue weighted by Gasteiger charge is 2.10. The summed E-state index contributed by atoms with van der Waals surface area (Å²) < 4.78 is 13.5. The first-order valence-electron chi connectivity index (χ1n) is 6.94. The second kappa shape index (κ2) is 7.99. The number of amides is 1. The van der Waals surface area contributed by atoms with E-state index in [1.54, 1.807) is 36.4 Å². The van der Waals surface area contributed by atoms with Crippen molar-refractivity contribution in [3.05, 3.63) is 70.6 Å². The summed E-state index contributed by atoms with van der Waals surface area (Å²) >= 11 is 5.87. The first kappa shape index (κ1) is 17.3. The van der Waals surface area contributed by atoms with Crippen LogP contribution in [0.1, 0.15) is 5.56 Å². The fourth-order valence-electron chi connectivity index (χ4n) is 1.86. The van der Waals surface area contributed by atoms with Gasteiger partial charge in [0.1, 0.15) is 17.5 Å². The average Bonchev–Trinajstić information content (AvgIpc) is 2.56. The van der Waals surface area contributed by atoms with Crippen LogP contribution in [-0.2, 0) is 11.3 Å². The minimum absolute atomic E-state index is 0.152. The van der Waals surface area contributed by atoms with Gasteiger partial charge in [-0.15, -0.1) is 0 Å². The Morgan fingerprint density at radius 1 is 1.33 bits per heavy atom. The molecule has 0 heterocycles. The van der Waals surface area contributed by atoms with E-state index in [1.807, 2.05) is 0 Å². The topological polar surface area (TPSA) is 90.9 Å². The van der Waals surface area contributed by atoms with Gasteiger partial charge in [-0.25, -0.2) is 4.39 Å². The molecule has 1 amide bonds. The highest BCUT2D eigenvalue weighted by atomic mass is 35.5. The Morgan fingerprint density at radius 2 is 2.08 bits per heavy atom. The van der Waals surface area contributed by atoms with Gasteiger partial charge < -0.3 is 16.4 Å². The number of benzene rings is 2. The Hall–Kier alpha value is -3.04. The van der Waals surface area contributed by atoms with Gasteiger partial charge in [0.2, 0.25) is 0 Å². The number of rotatable bonds is 5. The number of hydrogen-bond donors (Lipinski definition) is 3. The van der Waals surface area contributed by atoms with E-state index in [-0.39, 0.29) is 17.9 Å². The first-order valence-corrected chi connectivity index (χ1v) is 7.32. The summed E-state index contributed by atoms with van der Waals surface area (Å²) in [5.74, 6) is -0.975. The third-order valence-corrected chi connectivity index (χ3v) is 3.45. The molecule has 7 heteroatoms. The van der Waals surface area contributed by atoms with Crippen LogP contribution in [0.3, 0.4) is 0 Å². The average molecular weight is 345 g/mol. The molecule has 0 aliphatic carbocycles. The summed E-state index contributed by atoms with van der Waals surface area (Å²) in [6, 6.07) is 12.6.